The molecule has 1 amide bonds. The average Bonchev–Trinajstić information content (AvgIpc) is 2.13. The van der Waals surface area contributed by atoms with E-state index in [1.807, 2.05) is 27.7 Å². The largest absolute Gasteiger partial charge is 0.396 e. The summed E-state index contributed by atoms with van der Waals surface area (Å²) in [5.74, 6) is -0.0197. The SMILES string of the molecule is CC(C)C(N)C(=O)NCC(C)(C)CO. The second kappa shape index (κ2) is 5.32. The van der Waals surface area contributed by atoms with Crippen molar-refractivity contribution in [2.24, 2.45) is 17.1 Å². The molecular formula is C10H22N2O2. The first-order valence-electron chi connectivity index (χ1n) is 4.94. The van der Waals surface area contributed by atoms with Gasteiger partial charge in [-0.3, -0.25) is 4.79 Å². The highest BCUT2D eigenvalue weighted by atomic mass is 16.3. The molecule has 84 valence electrons. The highest BCUT2D eigenvalue weighted by molar-refractivity contribution is 5.81. The van der Waals surface area contributed by atoms with Crippen molar-refractivity contribution in [1.82, 2.24) is 5.32 Å². The van der Waals surface area contributed by atoms with Crippen LogP contribution in [0.2, 0.25) is 0 Å². The fourth-order valence-electron chi connectivity index (χ4n) is 0.803. The smallest absolute Gasteiger partial charge is 0.237 e. The van der Waals surface area contributed by atoms with Crippen LogP contribution < -0.4 is 11.1 Å². The van der Waals surface area contributed by atoms with Crippen LogP contribution in [0.3, 0.4) is 0 Å². The number of nitrogens with one attached hydrogen (secondary N) is 1. The number of hydrogen-bond donors (Lipinski definition) is 3. The first-order valence-corrected chi connectivity index (χ1v) is 4.94. The molecule has 1 atom stereocenters. The van der Waals surface area contributed by atoms with Crippen LogP contribution in [0.15, 0.2) is 0 Å². The molecule has 4 N–H and O–H groups in total. The van der Waals surface area contributed by atoms with E-state index >= 15 is 0 Å². The fraction of sp³-hybridized carbons (Fsp3) is 0.900. The molecule has 4 heteroatoms. The van der Waals surface area contributed by atoms with Gasteiger partial charge in [-0.15, -0.1) is 0 Å². The summed E-state index contributed by atoms with van der Waals surface area (Å²) >= 11 is 0. The number of rotatable bonds is 5. The van der Waals surface area contributed by atoms with Crippen LogP contribution in [0.5, 0.6) is 0 Å². The molecular weight excluding hydrogens is 180 g/mol. The van der Waals surface area contributed by atoms with Crippen LogP contribution in [0.4, 0.5) is 0 Å². The molecule has 0 saturated heterocycles. The predicted molar refractivity (Wildman–Crippen MR) is 56.7 cm³/mol. The molecule has 0 heterocycles. The summed E-state index contributed by atoms with van der Waals surface area (Å²) in [6, 6.07) is -0.468. The van der Waals surface area contributed by atoms with Crippen molar-refractivity contribution >= 4 is 5.91 Å². The van der Waals surface area contributed by atoms with Gasteiger partial charge in [0.1, 0.15) is 0 Å². The summed E-state index contributed by atoms with van der Waals surface area (Å²) in [6.45, 7) is 8.07. The molecule has 0 aromatic rings. The third kappa shape index (κ3) is 4.58. The van der Waals surface area contributed by atoms with Crippen molar-refractivity contribution in [3.05, 3.63) is 0 Å². The van der Waals surface area contributed by atoms with Gasteiger partial charge in [0.25, 0.3) is 0 Å². The lowest BCUT2D eigenvalue weighted by atomic mass is 9.94. The Morgan fingerprint density at radius 2 is 2.00 bits per heavy atom. The third-order valence-corrected chi connectivity index (χ3v) is 2.19. The first-order chi connectivity index (χ1) is 6.30. The van der Waals surface area contributed by atoms with E-state index in [2.05, 4.69) is 5.32 Å². The minimum atomic E-state index is -0.468. The van der Waals surface area contributed by atoms with Gasteiger partial charge in [-0.2, -0.15) is 0 Å². The van der Waals surface area contributed by atoms with Gasteiger partial charge in [-0.25, -0.2) is 0 Å². The lowest BCUT2D eigenvalue weighted by molar-refractivity contribution is -0.123. The lowest BCUT2D eigenvalue weighted by Gasteiger charge is -2.23. The van der Waals surface area contributed by atoms with Gasteiger partial charge in [-0.1, -0.05) is 27.7 Å². The van der Waals surface area contributed by atoms with Crippen LogP contribution in [0.25, 0.3) is 0 Å². The second-order valence-electron chi connectivity index (χ2n) is 4.81. The van der Waals surface area contributed by atoms with Gasteiger partial charge in [0.2, 0.25) is 5.91 Å². The Morgan fingerprint density at radius 1 is 1.50 bits per heavy atom. The number of aliphatic hydroxyl groups excluding tert-OH is 1. The molecule has 0 aromatic carbocycles. The molecule has 0 aromatic heterocycles. The Hall–Kier alpha value is -0.610. The summed E-state index contributed by atoms with van der Waals surface area (Å²) in [7, 11) is 0. The number of aliphatic hydroxyl groups is 1. The monoisotopic (exact) mass is 202 g/mol. The highest BCUT2D eigenvalue weighted by Gasteiger charge is 2.21. The molecule has 1 unspecified atom stereocenters. The Labute approximate surface area is 85.9 Å². The van der Waals surface area contributed by atoms with E-state index in [9.17, 15) is 4.79 Å². The van der Waals surface area contributed by atoms with Crippen LogP contribution in [-0.2, 0) is 4.79 Å². The highest BCUT2D eigenvalue weighted by Crippen LogP contribution is 2.11. The molecule has 0 bridgehead atoms. The maximum atomic E-state index is 11.4. The molecule has 0 spiro atoms. The van der Waals surface area contributed by atoms with Crippen molar-refractivity contribution in [2.45, 2.75) is 33.7 Å². The molecule has 0 radical (unpaired) electrons. The van der Waals surface area contributed by atoms with Crippen LogP contribution in [0, 0.1) is 11.3 Å². The number of nitrogens with two attached hydrogens (primary N) is 1. The summed E-state index contributed by atoms with van der Waals surface area (Å²) in [5.41, 5.74) is 5.37. The number of hydrogen-bond acceptors (Lipinski definition) is 3. The predicted octanol–water partition coefficient (Wildman–Crippen LogP) is 0.104. The van der Waals surface area contributed by atoms with E-state index in [4.69, 9.17) is 10.8 Å². The van der Waals surface area contributed by atoms with Gasteiger partial charge >= 0.3 is 0 Å². The van der Waals surface area contributed by atoms with Crippen molar-refractivity contribution in [3.8, 4) is 0 Å². The zero-order chi connectivity index (χ0) is 11.4. The zero-order valence-corrected chi connectivity index (χ0v) is 9.50. The summed E-state index contributed by atoms with van der Waals surface area (Å²) in [6.07, 6.45) is 0. The van der Waals surface area contributed by atoms with Gasteiger partial charge in [-0.05, 0) is 5.92 Å². The van der Waals surface area contributed by atoms with Gasteiger partial charge in [0, 0.05) is 18.6 Å². The molecule has 0 saturated carbocycles. The van der Waals surface area contributed by atoms with E-state index < -0.39 is 6.04 Å². The zero-order valence-electron chi connectivity index (χ0n) is 9.50. The van der Waals surface area contributed by atoms with E-state index in [0.717, 1.165) is 0 Å². The van der Waals surface area contributed by atoms with Crippen LogP contribution >= 0.6 is 0 Å². The van der Waals surface area contributed by atoms with Crippen molar-refractivity contribution in [2.75, 3.05) is 13.2 Å². The molecule has 0 fully saturated rings. The van der Waals surface area contributed by atoms with Gasteiger partial charge in [0.15, 0.2) is 0 Å². The number of carbonyl (C=O) groups excluding carboxylic acids is 1. The lowest BCUT2D eigenvalue weighted by Crippen LogP contribution is -2.47. The molecule has 4 nitrogen and oxygen atoms in total. The normalized spacial score (nSPS) is 14.2. The Morgan fingerprint density at radius 3 is 2.36 bits per heavy atom. The van der Waals surface area contributed by atoms with Crippen molar-refractivity contribution < 1.29 is 9.90 Å². The van der Waals surface area contributed by atoms with Gasteiger partial charge in [0.05, 0.1) is 6.04 Å². The summed E-state index contributed by atoms with van der Waals surface area (Å²) < 4.78 is 0. The van der Waals surface area contributed by atoms with Crippen LogP contribution in [0.1, 0.15) is 27.7 Å². The second-order valence-corrected chi connectivity index (χ2v) is 4.81. The van der Waals surface area contributed by atoms with Crippen LogP contribution in [-0.4, -0.2) is 30.2 Å². The summed E-state index contributed by atoms with van der Waals surface area (Å²) in [5, 5.41) is 11.7. The molecule has 0 rings (SSSR count). The van der Waals surface area contributed by atoms with E-state index in [1.54, 1.807) is 0 Å². The average molecular weight is 202 g/mol. The molecule has 0 aliphatic carbocycles. The minimum Gasteiger partial charge on any atom is -0.396 e. The quantitative estimate of drug-likeness (QED) is 0.592. The van der Waals surface area contributed by atoms with Crippen molar-refractivity contribution in [1.29, 1.82) is 0 Å². The van der Waals surface area contributed by atoms with E-state index in [0.29, 0.717) is 6.54 Å². The topological polar surface area (TPSA) is 75.4 Å². The minimum absolute atomic E-state index is 0.0458. The standard InChI is InChI=1S/C10H22N2O2/c1-7(2)8(11)9(14)12-5-10(3,4)6-13/h7-8,13H,5-6,11H2,1-4H3,(H,12,14). The fourth-order valence-corrected chi connectivity index (χ4v) is 0.803. The molecule has 14 heavy (non-hydrogen) atoms. The first kappa shape index (κ1) is 13.4. The number of amides is 1. The Bertz CT molecular complexity index is 191. The van der Waals surface area contributed by atoms with E-state index in [-0.39, 0.29) is 23.8 Å². The Balaban J connectivity index is 3.97. The maximum Gasteiger partial charge on any atom is 0.237 e. The van der Waals surface area contributed by atoms with E-state index in [1.165, 1.54) is 0 Å². The maximum absolute atomic E-state index is 11.4. The van der Waals surface area contributed by atoms with Gasteiger partial charge < -0.3 is 16.2 Å². The third-order valence-electron chi connectivity index (χ3n) is 2.19. The molecule has 0 aliphatic heterocycles. The van der Waals surface area contributed by atoms with Crippen molar-refractivity contribution in [3.63, 3.8) is 0 Å². The number of carbonyl (C=O) groups is 1. The summed E-state index contributed by atoms with van der Waals surface area (Å²) in [4.78, 5) is 11.4. The molecule has 0 aliphatic rings. The Kier molecular flexibility index (Phi) is 5.08.